The number of anilines is 2. The van der Waals surface area contributed by atoms with Crippen molar-refractivity contribution < 1.29 is 9.90 Å². The van der Waals surface area contributed by atoms with Crippen LogP contribution in [0.5, 0.6) is 5.75 Å². The van der Waals surface area contributed by atoms with Crippen molar-refractivity contribution in [2.24, 2.45) is 4.99 Å². The Morgan fingerprint density at radius 2 is 1.93 bits per heavy atom. The number of aromatic hydroxyl groups is 1. The van der Waals surface area contributed by atoms with E-state index in [2.05, 4.69) is 30.4 Å². The van der Waals surface area contributed by atoms with E-state index < -0.39 is 0 Å². The summed E-state index contributed by atoms with van der Waals surface area (Å²) in [6.07, 6.45) is 2.02. The molecule has 1 fully saturated rings. The van der Waals surface area contributed by atoms with Crippen LogP contribution in [0, 0.1) is 6.92 Å². The van der Waals surface area contributed by atoms with E-state index in [1.54, 1.807) is 18.3 Å². The van der Waals surface area contributed by atoms with Crippen LogP contribution in [0.25, 0.3) is 0 Å². The number of carbonyl (C=O) groups is 1. The second-order valence-corrected chi connectivity index (χ2v) is 7.22. The lowest BCUT2D eigenvalue weighted by atomic mass is 10.2. The highest BCUT2D eigenvalue weighted by Gasteiger charge is 2.21. The van der Waals surface area contributed by atoms with E-state index in [-0.39, 0.29) is 5.91 Å². The van der Waals surface area contributed by atoms with Gasteiger partial charge in [0, 0.05) is 45.3 Å². The third kappa shape index (κ3) is 5.85. The molecule has 30 heavy (non-hydrogen) atoms. The molecule has 1 aromatic carbocycles. The molecule has 2 heterocycles. The number of aryl methyl sites for hydroxylation is 1. The monoisotopic (exact) mass is 410 g/mol. The number of aliphatic imine (C=N–C) groups is 1. The number of carbonyl (C=O) groups excluding carboxylic acids is 1. The first-order valence-electron chi connectivity index (χ1n) is 10.4. The van der Waals surface area contributed by atoms with Gasteiger partial charge in [-0.05, 0) is 37.6 Å². The summed E-state index contributed by atoms with van der Waals surface area (Å²) in [6, 6.07) is 11.1. The summed E-state index contributed by atoms with van der Waals surface area (Å²) >= 11 is 0. The average molecular weight is 411 g/mol. The van der Waals surface area contributed by atoms with Crippen LogP contribution in [0.2, 0.25) is 0 Å². The zero-order valence-corrected chi connectivity index (χ0v) is 17.6. The number of hydrogen-bond donors (Lipinski definition) is 3. The molecule has 8 nitrogen and oxygen atoms in total. The van der Waals surface area contributed by atoms with Gasteiger partial charge in [0.15, 0.2) is 5.96 Å². The van der Waals surface area contributed by atoms with Gasteiger partial charge in [-0.1, -0.05) is 18.2 Å². The molecule has 0 radical (unpaired) electrons. The van der Waals surface area contributed by atoms with E-state index in [4.69, 9.17) is 0 Å². The fourth-order valence-electron chi connectivity index (χ4n) is 3.33. The molecule has 1 aromatic heterocycles. The van der Waals surface area contributed by atoms with Crippen LogP contribution in [-0.4, -0.2) is 66.1 Å². The Morgan fingerprint density at radius 3 is 2.60 bits per heavy atom. The van der Waals surface area contributed by atoms with Crippen LogP contribution in [0.15, 0.2) is 47.6 Å². The Kier molecular flexibility index (Phi) is 7.48. The van der Waals surface area contributed by atoms with Crippen molar-refractivity contribution in [1.29, 1.82) is 0 Å². The molecule has 0 bridgehead atoms. The molecule has 0 spiro atoms. The molecule has 3 rings (SSSR count). The maximum Gasteiger partial charge on any atom is 0.227 e. The normalized spacial score (nSPS) is 14.5. The van der Waals surface area contributed by atoms with Gasteiger partial charge >= 0.3 is 0 Å². The molecule has 1 saturated heterocycles. The minimum atomic E-state index is -0.102. The number of para-hydroxylation sites is 2. The maximum atomic E-state index is 12.2. The van der Waals surface area contributed by atoms with Gasteiger partial charge in [0.1, 0.15) is 11.6 Å². The largest absolute Gasteiger partial charge is 0.506 e. The molecule has 1 aliphatic rings. The van der Waals surface area contributed by atoms with Crippen LogP contribution in [0.4, 0.5) is 11.5 Å². The number of benzene rings is 1. The number of rotatable bonds is 6. The van der Waals surface area contributed by atoms with Crippen molar-refractivity contribution in [2.75, 3.05) is 49.5 Å². The van der Waals surface area contributed by atoms with Gasteiger partial charge in [0.05, 0.1) is 12.2 Å². The van der Waals surface area contributed by atoms with Crippen molar-refractivity contribution in [3.63, 3.8) is 0 Å². The van der Waals surface area contributed by atoms with Crippen LogP contribution in [0.3, 0.4) is 0 Å². The van der Waals surface area contributed by atoms with E-state index in [1.165, 1.54) is 0 Å². The van der Waals surface area contributed by atoms with Gasteiger partial charge < -0.3 is 25.5 Å². The number of hydrogen-bond acceptors (Lipinski definition) is 5. The summed E-state index contributed by atoms with van der Waals surface area (Å²) in [6.45, 7) is 8.32. The number of guanidine groups is 1. The number of nitrogens with zero attached hydrogens (tertiary/aromatic N) is 4. The van der Waals surface area contributed by atoms with Crippen molar-refractivity contribution in [3.05, 3.63) is 48.2 Å². The van der Waals surface area contributed by atoms with Crippen LogP contribution < -0.4 is 15.5 Å². The number of pyridine rings is 1. The van der Waals surface area contributed by atoms with Gasteiger partial charge in [-0.25, -0.2) is 4.98 Å². The molecule has 0 atom stereocenters. The summed E-state index contributed by atoms with van der Waals surface area (Å²) in [5.41, 5.74) is 1.91. The number of phenolic OH excluding ortho intramolecular Hbond substituents is 1. The van der Waals surface area contributed by atoms with E-state index in [1.807, 2.05) is 38.1 Å². The number of amides is 1. The zero-order chi connectivity index (χ0) is 21.3. The Hall–Kier alpha value is -3.29. The lowest BCUT2D eigenvalue weighted by molar-refractivity contribution is -0.116. The molecule has 160 valence electrons. The minimum absolute atomic E-state index is 0.102. The molecule has 2 aromatic rings. The molecule has 8 heteroatoms. The average Bonchev–Trinajstić information content (AvgIpc) is 2.75. The second kappa shape index (κ2) is 10.5. The summed E-state index contributed by atoms with van der Waals surface area (Å²) in [5, 5.41) is 16.2. The smallest absolute Gasteiger partial charge is 0.227 e. The first kappa shape index (κ1) is 21.4. The lowest BCUT2D eigenvalue weighted by Gasteiger charge is -2.37. The topological polar surface area (TPSA) is 93.1 Å². The van der Waals surface area contributed by atoms with Gasteiger partial charge in [-0.15, -0.1) is 0 Å². The Balaban J connectivity index is 1.51. The molecule has 0 saturated carbocycles. The molecule has 0 aliphatic carbocycles. The molecule has 1 amide bonds. The van der Waals surface area contributed by atoms with Gasteiger partial charge in [0.25, 0.3) is 0 Å². The minimum Gasteiger partial charge on any atom is -0.506 e. The first-order valence-corrected chi connectivity index (χ1v) is 10.4. The standard InChI is InChI=1S/C22H30N6O2/c1-3-23-22(24-11-10-21(30)26-20-9-8-17(2)16-25-20)28-14-12-27(13-15-28)18-6-4-5-7-19(18)29/h4-9,16,29H,3,10-15H2,1-2H3,(H,23,24)(H,25,26,30). The summed E-state index contributed by atoms with van der Waals surface area (Å²) in [4.78, 5) is 25.4. The predicted molar refractivity (Wildman–Crippen MR) is 120 cm³/mol. The van der Waals surface area contributed by atoms with Gasteiger partial charge in [-0.3, -0.25) is 9.79 Å². The van der Waals surface area contributed by atoms with Crippen LogP contribution >= 0.6 is 0 Å². The highest BCUT2D eigenvalue weighted by Crippen LogP contribution is 2.27. The molecular weight excluding hydrogens is 380 g/mol. The fourth-order valence-corrected chi connectivity index (χ4v) is 3.33. The molecule has 1 aliphatic heterocycles. The highest BCUT2D eigenvalue weighted by molar-refractivity contribution is 5.90. The third-order valence-corrected chi connectivity index (χ3v) is 4.92. The number of nitrogens with one attached hydrogen (secondary N) is 2. The predicted octanol–water partition coefficient (Wildman–Crippen LogP) is 2.21. The van der Waals surface area contributed by atoms with Crippen molar-refractivity contribution >= 4 is 23.4 Å². The maximum absolute atomic E-state index is 12.2. The Morgan fingerprint density at radius 1 is 1.17 bits per heavy atom. The summed E-state index contributed by atoms with van der Waals surface area (Å²) in [5.74, 6) is 1.58. The number of phenols is 1. The number of piperazine rings is 1. The summed E-state index contributed by atoms with van der Waals surface area (Å²) < 4.78 is 0. The number of aromatic nitrogens is 1. The van der Waals surface area contributed by atoms with Crippen molar-refractivity contribution in [1.82, 2.24) is 15.2 Å². The second-order valence-electron chi connectivity index (χ2n) is 7.22. The summed E-state index contributed by atoms with van der Waals surface area (Å²) in [7, 11) is 0. The Labute approximate surface area is 177 Å². The zero-order valence-electron chi connectivity index (χ0n) is 17.6. The van der Waals surface area contributed by atoms with E-state index in [0.29, 0.717) is 24.5 Å². The van der Waals surface area contributed by atoms with Crippen LogP contribution in [-0.2, 0) is 4.79 Å². The van der Waals surface area contributed by atoms with Gasteiger partial charge in [0.2, 0.25) is 5.91 Å². The lowest BCUT2D eigenvalue weighted by Crippen LogP contribution is -2.52. The van der Waals surface area contributed by atoms with E-state index in [0.717, 1.165) is 49.9 Å². The van der Waals surface area contributed by atoms with E-state index >= 15 is 0 Å². The molecule has 3 N–H and O–H groups in total. The third-order valence-electron chi connectivity index (χ3n) is 4.92. The van der Waals surface area contributed by atoms with Crippen molar-refractivity contribution in [3.8, 4) is 5.75 Å². The quantitative estimate of drug-likeness (QED) is 0.499. The molecule has 0 unspecified atom stereocenters. The van der Waals surface area contributed by atoms with Crippen molar-refractivity contribution in [2.45, 2.75) is 20.3 Å². The molecular formula is C22H30N6O2. The first-order chi connectivity index (χ1) is 14.6. The highest BCUT2D eigenvalue weighted by atomic mass is 16.3. The van der Waals surface area contributed by atoms with Gasteiger partial charge in [-0.2, -0.15) is 0 Å². The fraction of sp³-hybridized carbons (Fsp3) is 0.409. The van der Waals surface area contributed by atoms with E-state index in [9.17, 15) is 9.90 Å². The van der Waals surface area contributed by atoms with Crippen LogP contribution in [0.1, 0.15) is 18.9 Å². The SMILES string of the molecule is CCNC(=NCCC(=O)Nc1ccc(C)cn1)N1CCN(c2ccccc2O)CC1. The Bertz CT molecular complexity index is 860.